The van der Waals surface area contributed by atoms with Crippen LogP contribution in [0, 0.1) is 6.92 Å². The van der Waals surface area contributed by atoms with Crippen LogP contribution in [-0.2, 0) is 14.9 Å². The number of aryl methyl sites for hydroxylation is 1. The van der Waals surface area contributed by atoms with Gasteiger partial charge in [-0.15, -0.1) is 0 Å². The minimum absolute atomic E-state index is 0.168. The summed E-state index contributed by atoms with van der Waals surface area (Å²) in [7, 11) is 0. The molecule has 0 atom stereocenters. The summed E-state index contributed by atoms with van der Waals surface area (Å²) >= 11 is 1.39. The number of benzene rings is 1. The van der Waals surface area contributed by atoms with E-state index in [9.17, 15) is 9.59 Å². The number of piperidine rings is 1. The van der Waals surface area contributed by atoms with Crippen molar-refractivity contribution in [2.45, 2.75) is 65.4 Å². The van der Waals surface area contributed by atoms with Gasteiger partial charge in [-0.3, -0.25) is 9.69 Å². The van der Waals surface area contributed by atoms with Crippen LogP contribution in [0.2, 0.25) is 0 Å². The van der Waals surface area contributed by atoms with E-state index in [1.165, 1.54) is 30.8 Å². The number of amides is 1. The Kier molecular flexibility index (Phi) is 8.15. The average Bonchev–Trinajstić information content (AvgIpc) is 3.18. The fourth-order valence-electron chi connectivity index (χ4n) is 4.81. The van der Waals surface area contributed by atoms with Crippen molar-refractivity contribution in [1.29, 1.82) is 0 Å². The van der Waals surface area contributed by atoms with Gasteiger partial charge < -0.3 is 14.4 Å². The van der Waals surface area contributed by atoms with Gasteiger partial charge in [-0.2, -0.15) is 4.37 Å². The summed E-state index contributed by atoms with van der Waals surface area (Å²) in [5.41, 5.74) is 2.09. The highest BCUT2D eigenvalue weighted by Crippen LogP contribution is 2.40. The summed E-state index contributed by atoms with van der Waals surface area (Å²) in [4.78, 5) is 31.7. The Balaban J connectivity index is 1.52. The van der Waals surface area contributed by atoms with E-state index in [1.807, 2.05) is 32.9 Å². The Morgan fingerprint density at radius 2 is 1.81 bits per heavy atom. The Morgan fingerprint density at radius 1 is 1.11 bits per heavy atom. The molecule has 1 fully saturated rings. The van der Waals surface area contributed by atoms with Crippen molar-refractivity contribution in [3.05, 3.63) is 52.2 Å². The van der Waals surface area contributed by atoms with Gasteiger partial charge in [0, 0.05) is 40.7 Å². The van der Waals surface area contributed by atoms with Crippen LogP contribution in [0.15, 0.2) is 30.5 Å². The standard InChI is InChI=1S/C28H37N3O4S/c1-19(2)35-27(33)23-17-31(18-28(4,5)25-24(23)20(3)29-36-25)26(32)21-9-11-22(12-10-21)34-16-15-30-13-7-6-8-14-30/h9-12,17,19H,6-8,13-16,18H2,1-5H3. The summed E-state index contributed by atoms with van der Waals surface area (Å²) < 4.78 is 16.0. The van der Waals surface area contributed by atoms with E-state index in [0.717, 1.165) is 41.5 Å². The summed E-state index contributed by atoms with van der Waals surface area (Å²) in [6, 6.07) is 7.27. The Hall–Kier alpha value is -2.71. The van der Waals surface area contributed by atoms with Crippen molar-refractivity contribution in [2.75, 3.05) is 32.8 Å². The lowest BCUT2D eigenvalue weighted by atomic mass is 9.87. The van der Waals surface area contributed by atoms with Crippen molar-refractivity contribution in [2.24, 2.45) is 0 Å². The zero-order chi connectivity index (χ0) is 25.9. The third kappa shape index (κ3) is 5.98. The molecule has 4 rings (SSSR count). The third-order valence-electron chi connectivity index (χ3n) is 6.65. The molecule has 2 aliphatic rings. The molecule has 1 aromatic heterocycles. The second-order valence-corrected chi connectivity index (χ2v) is 11.3. The molecule has 0 bridgehead atoms. The predicted octanol–water partition coefficient (Wildman–Crippen LogP) is 5.04. The molecule has 7 nitrogen and oxygen atoms in total. The Morgan fingerprint density at radius 3 is 2.47 bits per heavy atom. The number of fused-ring (bicyclic) bond motifs is 1. The van der Waals surface area contributed by atoms with Gasteiger partial charge in [0.05, 0.1) is 17.4 Å². The number of likely N-dealkylation sites (tertiary alicyclic amines) is 1. The van der Waals surface area contributed by atoms with Crippen LogP contribution in [0.4, 0.5) is 0 Å². The fraction of sp³-hybridized carbons (Fsp3) is 0.536. The van der Waals surface area contributed by atoms with Gasteiger partial charge >= 0.3 is 5.97 Å². The van der Waals surface area contributed by atoms with E-state index in [-0.39, 0.29) is 17.4 Å². The third-order valence-corrected chi connectivity index (χ3v) is 7.95. The van der Waals surface area contributed by atoms with Crippen LogP contribution >= 0.6 is 11.5 Å². The quantitative estimate of drug-likeness (QED) is 0.485. The average molecular weight is 512 g/mol. The molecule has 36 heavy (non-hydrogen) atoms. The molecule has 0 unspecified atom stereocenters. The van der Waals surface area contributed by atoms with Crippen LogP contribution in [0.5, 0.6) is 5.75 Å². The molecule has 1 aromatic carbocycles. The van der Waals surface area contributed by atoms with Crippen LogP contribution in [0.1, 0.15) is 73.4 Å². The summed E-state index contributed by atoms with van der Waals surface area (Å²) in [6.45, 7) is 13.9. The number of ether oxygens (including phenoxy) is 2. The number of esters is 1. The van der Waals surface area contributed by atoms with E-state index in [2.05, 4.69) is 23.1 Å². The summed E-state index contributed by atoms with van der Waals surface area (Å²) in [5.74, 6) is 0.140. The SMILES string of the molecule is Cc1nsc2c1C(C(=O)OC(C)C)=CN(C(=O)c1ccc(OCCN3CCCCC3)cc1)CC2(C)C. The largest absolute Gasteiger partial charge is 0.492 e. The van der Waals surface area contributed by atoms with Crippen LogP contribution in [0.3, 0.4) is 0 Å². The first-order chi connectivity index (χ1) is 17.2. The smallest absolute Gasteiger partial charge is 0.340 e. The number of aromatic nitrogens is 1. The molecule has 3 heterocycles. The molecule has 1 saturated heterocycles. The first-order valence-corrected chi connectivity index (χ1v) is 13.6. The van der Waals surface area contributed by atoms with Gasteiger partial charge in [0.25, 0.3) is 5.91 Å². The predicted molar refractivity (Wildman–Crippen MR) is 142 cm³/mol. The fourth-order valence-corrected chi connectivity index (χ4v) is 5.79. The van der Waals surface area contributed by atoms with Gasteiger partial charge in [-0.1, -0.05) is 20.3 Å². The first-order valence-electron chi connectivity index (χ1n) is 12.8. The van der Waals surface area contributed by atoms with E-state index in [0.29, 0.717) is 24.3 Å². The van der Waals surface area contributed by atoms with Crippen molar-refractivity contribution in [1.82, 2.24) is 14.2 Å². The van der Waals surface area contributed by atoms with E-state index in [4.69, 9.17) is 9.47 Å². The maximum absolute atomic E-state index is 13.6. The number of carbonyl (C=O) groups is 2. The number of hydrogen-bond acceptors (Lipinski definition) is 7. The number of hydrogen-bond donors (Lipinski definition) is 0. The molecule has 0 saturated carbocycles. The highest BCUT2D eigenvalue weighted by Gasteiger charge is 2.37. The lowest BCUT2D eigenvalue weighted by Crippen LogP contribution is -2.36. The van der Waals surface area contributed by atoms with E-state index >= 15 is 0 Å². The molecular weight excluding hydrogens is 474 g/mol. The van der Waals surface area contributed by atoms with Gasteiger partial charge in [-0.05, 0) is 82.5 Å². The van der Waals surface area contributed by atoms with Crippen molar-refractivity contribution >= 4 is 29.0 Å². The van der Waals surface area contributed by atoms with E-state index in [1.54, 1.807) is 23.2 Å². The molecule has 2 aliphatic heterocycles. The maximum atomic E-state index is 13.6. The van der Waals surface area contributed by atoms with Crippen molar-refractivity contribution in [3.63, 3.8) is 0 Å². The van der Waals surface area contributed by atoms with Gasteiger partial charge in [-0.25, -0.2) is 4.79 Å². The monoisotopic (exact) mass is 511 g/mol. The van der Waals surface area contributed by atoms with Crippen molar-refractivity contribution in [3.8, 4) is 5.75 Å². The molecule has 2 aromatic rings. The summed E-state index contributed by atoms with van der Waals surface area (Å²) in [6.07, 6.45) is 5.22. The maximum Gasteiger partial charge on any atom is 0.340 e. The summed E-state index contributed by atoms with van der Waals surface area (Å²) in [5, 5.41) is 0. The lowest BCUT2D eigenvalue weighted by molar-refractivity contribution is -0.140. The molecular formula is C28H37N3O4S. The molecule has 194 valence electrons. The molecule has 1 amide bonds. The Bertz CT molecular complexity index is 1110. The number of carbonyl (C=O) groups excluding carboxylic acids is 2. The van der Waals surface area contributed by atoms with Gasteiger partial charge in [0.15, 0.2) is 0 Å². The second-order valence-electron chi connectivity index (χ2n) is 10.6. The topological polar surface area (TPSA) is 72.0 Å². The highest BCUT2D eigenvalue weighted by molar-refractivity contribution is 7.06. The second kappa shape index (κ2) is 11.1. The van der Waals surface area contributed by atoms with Crippen LogP contribution < -0.4 is 4.74 Å². The van der Waals surface area contributed by atoms with Crippen LogP contribution in [0.25, 0.3) is 5.57 Å². The van der Waals surface area contributed by atoms with E-state index < -0.39 is 5.97 Å². The van der Waals surface area contributed by atoms with Gasteiger partial charge in [0.1, 0.15) is 12.4 Å². The molecule has 8 heteroatoms. The number of rotatable bonds is 7. The molecule has 0 spiro atoms. The Labute approximate surface area is 218 Å². The first kappa shape index (κ1) is 26.4. The van der Waals surface area contributed by atoms with Crippen LogP contribution in [-0.4, -0.2) is 64.9 Å². The zero-order valence-electron chi connectivity index (χ0n) is 22.0. The molecule has 0 aliphatic carbocycles. The number of nitrogens with zero attached hydrogens (tertiary/aromatic N) is 3. The normalized spacial score (nSPS) is 17.8. The van der Waals surface area contributed by atoms with Crippen molar-refractivity contribution < 1.29 is 19.1 Å². The minimum Gasteiger partial charge on any atom is -0.492 e. The molecule has 0 N–H and O–H groups in total. The zero-order valence-corrected chi connectivity index (χ0v) is 22.8. The van der Waals surface area contributed by atoms with Gasteiger partial charge in [0.2, 0.25) is 0 Å². The lowest BCUT2D eigenvalue weighted by Gasteiger charge is -2.28. The molecule has 0 radical (unpaired) electrons. The minimum atomic E-state index is -0.442. The highest BCUT2D eigenvalue weighted by atomic mass is 32.1.